The number of anilines is 1. The Balaban J connectivity index is 1.85. The highest BCUT2D eigenvalue weighted by Crippen LogP contribution is 2.35. The van der Waals surface area contributed by atoms with E-state index in [9.17, 15) is 19.2 Å². The Morgan fingerprint density at radius 1 is 1.05 bits per heavy atom. The zero-order chi connectivity index (χ0) is 32.7. The number of benzene rings is 2. The maximum Gasteiger partial charge on any atom is 0.428 e. The van der Waals surface area contributed by atoms with E-state index in [4.69, 9.17) is 18.9 Å². The number of hydrazone groups is 1. The summed E-state index contributed by atoms with van der Waals surface area (Å²) in [5.41, 5.74) is 1.44. The van der Waals surface area contributed by atoms with E-state index in [1.807, 2.05) is 0 Å². The number of methoxy groups -OCH3 is 1. The second-order valence-electron chi connectivity index (χ2n) is 11.6. The summed E-state index contributed by atoms with van der Waals surface area (Å²) >= 11 is 0.863. The average Bonchev–Trinajstić information content (AvgIpc) is 3.31. The number of cyclic esters (lactones) is 1. The fourth-order valence-electron chi connectivity index (χ4n) is 3.84. The molecule has 1 heterocycles. The van der Waals surface area contributed by atoms with Gasteiger partial charge in [-0.3, -0.25) is 9.69 Å². The molecule has 1 aliphatic heterocycles. The lowest BCUT2D eigenvalue weighted by Gasteiger charge is -2.20. The molecule has 14 heteroatoms. The van der Waals surface area contributed by atoms with Crippen LogP contribution >= 0.6 is 11.8 Å². The second kappa shape index (κ2) is 14.4. The lowest BCUT2D eigenvalue weighted by atomic mass is 10.1. The molecule has 0 aliphatic carbocycles. The SMILES string of the molecule is COC(=O)C(SC(=NNC(=O)OC(C)(C)C)c1ccc(N2C[C@@H](CNC(=O)OC(C)(C)C)OC2=O)cc1F)c1ccccc1. The first-order valence-corrected chi connectivity index (χ1v) is 14.6. The molecule has 0 bridgehead atoms. The first kappa shape index (κ1) is 34.2. The number of ether oxygens (including phenoxy) is 4. The molecular formula is C30H37FN4O8S. The van der Waals surface area contributed by atoms with Crippen LogP contribution in [0.15, 0.2) is 53.6 Å². The minimum Gasteiger partial charge on any atom is -0.468 e. The van der Waals surface area contributed by atoms with Crippen LogP contribution in [0.2, 0.25) is 0 Å². The molecule has 0 radical (unpaired) electrons. The van der Waals surface area contributed by atoms with Crippen LogP contribution in [0, 0.1) is 5.82 Å². The molecule has 12 nitrogen and oxygen atoms in total. The number of nitrogens with zero attached hydrogens (tertiary/aromatic N) is 2. The predicted octanol–water partition coefficient (Wildman–Crippen LogP) is 5.51. The number of hydrogen-bond donors (Lipinski definition) is 2. The molecule has 1 fully saturated rings. The molecule has 3 amide bonds. The van der Waals surface area contributed by atoms with Crippen LogP contribution in [0.5, 0.6) is 0 Å². The maximum atomic E-state index is 15.7. The largest absolute Gasteiger partial charge is 0.468 e. The molecule has 0 aromatic heterocycles. The quantitative estimate of drug-likeness (QED) is 0.127. The van der Waals surface area contributed by atoms with E-state index in [2.05, 4.69) is 15.8 Å². The molecule has 2 N–H and O–H groups in total. The van der Waals surface area contributed by atoms with E-state index in [0.29, 0.717) is 5.56 Å². The van der Waals surface area contributed by atoms with Crippen molar-refractivity contribution < 1.29 is 42.5 Å². The summed E-state index contributed by atoms with van der Waals surface area (Å²) in [5, 5.41) is 5.64. The molecule has 1 unspecified atom stereocenters. The van der Waals surface area contributed by atoms with Gasteiger partial charge in [0.25, 0.3) is 0 Å². The van der Waals surface area contributed by atoms with Crippen LogP contribution in [0.1, 0.15) is 57.9 Å². The van der Waals surface area contributed by atoms with Gasteiger partial charge in [0, 0.05) is 5.56 Å². The number of hydrogen-bond acceptors (Lipinski definition) is 10. The maximum absolute atomic E-state index is 15.7. The van der Waals surface area contributed by atoms with Crippen molar-refractivity contribution in [2.75, 3.05) is 25.1 Å². The summed E-state index contributed by atoms with van der Waals surface area (Å²) in [7, 11) is 1.23. The third-order valence-electron chi connectivity index (χ3n) is 5.64. The average molecular weight is 633 g/mol. The number of rotatable bonds is 8. The van der Waals surface area contributed by atoms with Gasteiger partial charge in [0.1, 0.15) is 33.4 Å². The molecule has 44 heavy (non-hydrogen) atoms. The van der Waals surface area contributed by atoms with E-state index in [0.717, 1.165) is 17.8 Å². The summed E-state index contributed by atoms with van der Waals surface area (Å²) in [4.78, 5) is 50.9. The number of carbonyl (C=O) groups is 4. The Bertz CT molecular complexity index is 1390. The third-order valence-corrected chi connectivity index (χ3v) is 6.87. The summed E-state index contributed by atoms with van der Waals surface area (Å²) in [6.07, 6.45) is -2.96. The van der Waals surface area contributed by atoms with Gasteiger partial charge >= 0.3 is 24.2 Å². The zero-order valence-electron chi connectivity index (χ0n) is 25.6. The number of esters is 1. The number of halogens is 1. The fourth-order valence-corrected chi connectivity index (χ4v) is 4.94. The molecule has 0 spiro atoms. The zero-order valence-corrected chi connectivity index (χ0v) is 26.5. The summed E-state index contributed by atoms with van der Waals surface area (Å²) in [5.74, 6) is -1.41. The van der Waals surface area contributed by atoms with Crippen molar-refractivity contribution in [3.05, 3.63) is 65.5 Å². The number of alkyl carbamates (subject to hydrolysis) is 1. The lowest BCUT2D eigenvalue weighted by molar-refractivity contribution is -0.140. The highest BCUT2D eigenvalue weighted by Gasteiger charge is 2.34. The van der Waals surface area contributed by atoms with Gasteiger partial charge in [-0.05, 0) is 65.3 Å². The van der Waals surface area contributed by atoms with Crippen LogP contribution in [-0.2, 0) is 23.7 Å². The highest BCUT2D eigenvalue weighted by atomic mass is 32.2. The van der Waals surface area contributed by atoms with Crippen molar-refractivity contribution in [1.82, 2.24) is 10.7 Å². The van der Waals surface area contributed by atoms with Gasteiger partial charge in [-0.1, -0.05) is 42.1 Å². The van der Waals surface area contributed by atoms with Crippen molar-refractivity contribution in [2.45, 2.75) is 64.1 Å². The van der Waals surface area contributed by atoms with Crippen LogP contribution in [0.4, 0.5) is 24.5 Å². The monoisotopic (exact) mass is 632 g/mol. The van der Waals surface area contributed by atoms with E-state index in [1.54, 1.807) is 71.9 Å². The topological polar surface area (TPSA) is 145 Å². The van der Waals surface area contributed by atoms with Crippen molar-refractivity contribution in [3.63, 3.8) is 0 Å². The third kappa shape index (κ3) is 10.1. The fraction of sp³-hybridized carbons (Fsp3) is 0.433. The van der Waals surface area contributed by atoms with Crippen LogP contribution in [-0.4, -0.2) is 66.8 Å². The predicted molar refractivity (Wildman–Crippen MR) is 163 cm³/mol. The van der Waals surface area contributed by atoms with E-state index in [-0.39, 0.29) is 29.4 Å². The first-order chi connectivity index (χ1) is 20.6. The Kier molecular flexibility index (Phi) is 11.2. The first-order valence-electron chi connectivity index (χ1n) is 13.7. The van der Waals surface area contributed by atoms with Gasteiger partial charge in [-0.2, -0.15) is 5.10 Å². The van der Waals surface area contributed by atoms with E-state index in [1.165, 1.54) is 24.1 Å². The smallest absolute Gasteiger partial charge is 0.428 e. The Labute approximate surface area is 259 Å². The Morgan fingerprint density at radius 3 is 2.27 bits per heavy atom. The van der Waals surface area contributed by atoms with Crippen molar-refractivity contribution in [1.29, 1.82) is 0 Å². The van der Waals surface area contributed by atoms with Gasteiger partial charge in [0.15, 0.2) is 0 Å². The number of carbonyl (C=O) groups excluding carboxylic acids is 4. The minimum absolute atomic E-state index is 0.00407. The van der Waals surface area contributed by atoms with Gasteiger partial charge in [-0.15, -0.1) is 0 Å². The van der Waals surface area contributed by atoms with Gasteiger partial charge < -0.3 is 24.3 Å². The molecule has 2 aromatic carbocycles. The van der Waals surface area contributed by atoms with Crippen LogP contribution < -0.4 is 15.6 Å². The Morgan fingerprint density at radius 2 is 1.68 bits per heavy atom. The lowest BCUT2D eigenvalue weighted by Crippen LogP contribution is -2.38. The second-order valence-corrected chi connectivity index (χ2v) is 12.7. The minimum atomic E-state index is -0.953. The number of amides is 3. The van der Waals surface area contributed by atoms with Crippen molar-refractivity contribution in [3.8, 4) is 0 Å². The van der Waals surface area contributed by atoms with Crippen molar-refractivity contribution in [2.24, 2.45) is 5.10 Å². The normalized spacial score (nSPS) is 16.1. The molecule has 1 saturated heterocycles. The van der Waals surface area contributed by atoms with E-state index < -0.39 is 52.6 Å². The standard InChI is InChI=1S/C30H37FN4O8S/c1-29(2,3)42-26(37)32-16-20-17-35(28(39)41-20)19-13-14-21(22(31)15-19)24(33-34-27(38)43-30(4,5)6)44-23(25(36)40-7)18-11-9-8-10-12-18/h8-15,20,23H,16-17H2,1-7H3,(H,32,37)(H,34,38)/t20-,23?/m1/s1. The van der Waals surface area contributed by atoms with Gasteiger partial charge in [-0.25, -0.2) is 24.2 Å². The van der Waals surface area contributed by atoms with E-state index >= 15 is 4.39 Å². The number of nitrogens with one attached hydrogen (secondary N) is 2. The molecular weight excluding hydrogens is 595 g/mol. The highest BCUT2D eigenvalue weighted by molar-refractivity contribution is 8.15. The number of thioether (sulfide) groups is 1. The van der Waals surface area contributed by atoms with Crippen molar-refractivity contribution >= 4 is 46.7 Å². The van der Waals surface area contributed by atoms with Crippen LogP contribution in [0.25, 0.3) is 0 Å². The summed E-state index contributed by atoms with van der Waals surface area (Å²) in [6, 6.07) is 12.6. The summed E-state index contributed by atoms with van der Waals surface area (Å²) in [6.45, 7) is 10.2. The molecule has 0 saturated carbocycles. The Hall–Kier alpha value is -4.33. The molecule has 1 aliphatic rings. The molecule has 2 aromatic rings. The summed E-state index contributed by atoms with van der Waals surface area (Å²) < 4.78 is 36.4. The van der Waals surface area contributed by atoms with Gasteiger partial charge in [0.05, 0.1) is 25.9 Å². The van der Waals surface area contributed by atoms with Crippen LogP contribution in [0.3, 0.4) is 0 Å². The molecule has 2 atom stereocenters. The molecule has 238 valence electrons. The molecule has 3 rings (SSSR count). The van der Waals surface area contributed by atoms with Gasteiger partial charge in [0.2, 0.25) is 0 Å².